The predicted molar refractivity (Wildman–Crippen MR) is 110 cm³/mol. The summed E-state index contributed by atoms with van der Waals surface area (Å²) in [6.45, 7) is 0. The summed E-state index contributed by atoms with van der Waals surface area (Å²) in [6.07, 6.45) is 4.72. The fourth-order valence-corrected chi connectivity index (χ4v) is 3.98. The maximum Gasteiger partial charge on any atom is 0.0878 e. The third kappa shape index (κ3) is 4.43. The fourth-order valence-electron chi connectivity index (χ4n) is 3.45. The van der Waals surface area contributed by atoms with Crippen molar-refractivity contribution in [2.45, 2.75) is 25.3 Å². The van der Waals surface area contributed by atoms with E-state index in [0.717, 1.165) is 44.9 Å². The highest BCUT2D eigenvalue weighted by molar-refractivity contribution is 9.10. The van der Waals surface area contributed by atoms with Crippen molar-refractivity contribution in [2.24, 2.45) is 11.1 Å². The van der Waals surface area contributed by atoms with Crippen LogP contribution in [0.25, 0.3) is 6.08 Å². The van der Waals surface area contributed by atoms with Crippen LogP contribution in [0.5, 0.6) is 0 Å². The van der Waals surface area contributed by atoms with Crippen molar-refractivity contribution in [3.05, 3.63) is 74.2 Å². The topological polar surface area (TPSA) is 64.9 Å². The Bertz CT molecular complexity index is 802. The minimum absolute atomic E-state index is 0.110. The van der Waals surface area contributed by atoms with Gasteiger partial charge in [0, 0.05) is 14.9 Å². The molecule has 1 aliphatic rings. The maximum absolute atomic E-state index is 9.80. The van der Waals surface area contributed by atoms with Gasteiger partial charge in [-0.15, -0.1) is 0 Å². The molecule has 0 radical (unpaired) electrons. The van der Waals surface area contributed by atoms with Gasteiger partial charge in [-0.05, 0) is 66.3 Å². The molecule has 1 fully saturated rings. The first-order chi connectivity index (χ1) is 12.6. The van der Waals surface area contributed by atoms with E-state index in [2.05, 4.69) is 48.6 Å². The van der Waals surface area contributed by atoms with Gasteiger partial charge in [0.05, 0.1) is 11.8 Å². The van der Waals surface area contributed by atoms with Gasteiger partial charge in [-0.1, -0.05) is 61.3 Å². The number of allylic oxidation sites excluding steroid dienone is 1. The normalized spacial score (nSPS) is 21.9. The number of nitrogens with one attached hydrogen (secondary N) is 1. The van der Waals surface area contributed by atoms with E-state index in [-0.39, 0.29) is 12.0 Å². The van der Waals surface area contributed by atoms with Crippen molar-refractivity contribution >= 4 is 43.6 Å². The number of hydroxylamine groups is 1. The van der Waals surface area contributed by atoms with E-state index in [4.69, 9.17) is 0 Å². The second-order valence-corrected chi connectivity index (χ2v) is 8.19. The second-order valence-electron chi connectivity index (χ2n) is 6.36. The summed E-state index contributed by atoms with van der Waals surface area (Å²) in [4.78, 5) is 0. The average Bonchev–Trinajstić information content (AvgIpc) is 2.66. The molecule has 2 aromatic rings. The van der Waals surface area contributed by atoms with Crippen LogP contribution in [0.3, 0.4) is 0 Å². The Morgan fingerprint density at radius 3 is 2.23 bits per heavy atom. The molecule has 4 nitrogen and oxygen atoms in total. The van der Waals surface area contributed by atoms with E-state index in [9.17, 15) is 10.4 Å². The molecule has 0 saturated heterocycles. The SMILES string of the molecule is O/N=C1/C(=C/c2ccc(Br)cc2)CCCC1C(NO)c1ccc(Br)cc1. The van der Waals surface area contributed by atoms with E-state index in [1.54, 1.807) is 0 Å². The monoisotopic (exact) mass is 478 g/mol. The van der Waals surface area contributed by atoms with Crippen molar-refractivity contribution in [3.63, 3.8) is 0 Å². The van der Waals surface area contributed by atoms with Crippen LogP contribution in [0.4, 0.5) is 0 Å². The fraction of sp³-hybridized carbons (Fsp3) is 0.250. The summed E-state index contributed by atoms with van der Waals surface area (Å²) >= 11 is 6.87. The van der Waals surface area contributed by atoms with Crippen LogP contribution >= 0.6 is 31.9 Å². The number of hydrogen-bond donors (Lipinski definition) is 3. The molecule has 0 spiro atoms. The summed E-state index contributed by atoms with van der Waals surface area (Å²) in [5.41, 5.74) is 6.07. The molecule has 0 aliphatic heterocycles. The lowest BCUT2D eigenvalue weighted by atomic mass is 9.77. The Labute approximate surface area is 169 Å². The minimum atomic E-state index is -0.331. The molecule has 0 amide bonds. The van der Waals surface area contributed by atoms with Crippen molar-refractivity contribution in [2.75, 3.05) is 0 Å². The molecule has 26 heavy (non-hydrogen) atoms. The van der Waals surface area contributed by atoms with Crippen LogP contribution in [0.2, 0.25) is 0 Å². The smallest absolute Gasteiger partial charge is 0.0878 e. The lowest BCUT2D eigenvalue weighted by Gasteiger charge is -2.31. The first-order valence-electron chi connectivity index (χ1n) is 8.46. The van der Waals surface area contributed by atoms with E-state index >= 15 is 0 Å². The van der Waals surface area contributed by atoms with Gasteiger partial charge >= 0.3 is 0 Å². The quantitative estimate of drug-likeness (QED) is 0.375. The van der Waals surface area contributed by atoms with Crippen LogP contribution in [0.1, 0.15) is 36.4 Å². The molecule has 3 N–H and O–H groups in total. The van der Waals surface area contributed by atoms with Gasteiger partial charge in [0.15, 0.2) is 0 Å². The number of halogens is 2. The molecule has 2 atom stereocenters. The second kappa shape index (κ2) is 8.95. The zero-order chi connectivity index (χ0) is 18.5. The standard InChI is InChI=1S/C20H20Br2N2O2/c21-16-8-4-13(5-9-16)12-15-2-1-3-18(20(15)24-26)19(23-25)14-6-10-17(22)11-7-14/h4-12,18-19,23,25-26H,1-3H2/b15-12+,24-20-. The Balaban J connectivity index is 1.91. The summed E-state index contributed by atoms with van der Waals surface area (Å²) in [6, 6.07) is 15.5. The number of hydrogen-bond acceptors (Lipinski definition) is 4. The van der Waals surface area contributed by atoms with E-state index in [1.807, 2.05) is 48.5 Å². The molecule has 0 aromatic heterocycles. The first-order valence-corrected chi connectivity index (χ1v) is 10.0. The Morgan fingerprint density at radius 2 is 1.65 bits per heavy atom. The molecule has 1 aliphatic carbocycles. The first kappa shape index (κ1) is 19.3. The molecule has 136 valence electrons. The number of oxime groups is 1. The number of benzene rings is 2. The van der Waals surface area contributed by atoms with E-state index in [0.29, 0.717) is 5.71 Å². The lowest BCUT2D eigenvalue weighted by molar-refractivity contribution is 0.106. The Morgan fingerprint density at radius 1 is 1.04 bits per heavy atom. The van der Waals surface area contributed by atoms with Crippen LogP contribution in [-0.2, 0) is 0 Å². The molecule has 2 aromatic carbocycles. The zero-order valence-corrected chi connectivity index (χ0v) is 17.2. The van der Waals surface area contributed by atoms with Crippen LogP contribution < -0.4 is 5.48 Å². The van der Waals surface area contributed by atoms with Gasteiger partial charge in [0.25, 0.3) is 0 Å². The van der Waals surface area contributed by atoms with Crippen LogP contribution in [0.15, 0.2) is 68.2 Å². The van der Waals surface area contributed by atoms with Crippen molar-refractivity contribution < 1.29 is 10.4 Å². The highest BCUT2D eigenvalue weighted by atomic mass is 79.9. The molecule has 1 saturated carbocycles. The Kier molecular flexibility index (Phi) is 6.64. The predicted octanol–water partition coefficient (Wildman–Crippen LogP) is 5.95. The molecule has 2 unspecified atom stereocenters. The minimum Gasteiger partial charge on any atom is -0.411 e. The van der Waals surface area contributed by atoms with Gasteiger partial charge in [-0.3, -0.25) is 0 Å². The highest BCUT2D eigenvalue weighted by Crippen LogP contribution is 2.36. The van der Waals surface area contributed by atoms with Gasteiger partial charge in [0.2, 0.25) is 0 Å². The van der Waals surface area contributed by atoms with Gasteiger partial charge in [-0.2, -0.15) is 5.48 Å². The summed E-state index contributed by atoms with van der Waals surface area (Å²) in [5.74, 6) is -0.110. The summed E-state index contributed by atoms with van der Waals surface area (Å²) < 4.78 is 2.01. The lowest BCUT2D eigenvalue weighted by Crippen LogP contribution is -2.34. The third-order valence-corrected chi connectivity index (χ3v) is 5.79. The highest BCUT2D eigenvalue weighted by Gasteiger charge is 2.32. The van der Waals surface area contributed by atoms with Crippen molar-refractivity contribution in [1.29, 1.82) is 0 Å². The largest absolute Gasteiger partial charge is 0.411 e. The molecule has 3 rings (SSSR count). The number of rotatable bonds is 4. The molecular formula is C20H20Br2N2O2. The van der Waals surface area contributed by atoms with Crippen molar-refractivity contribution in [3.8, 4) is 0 Å². The zero-order valence-electron chi connectivity index (χ0n) is 14.1. The summed E-state index contributed by atoms with van der Waals surface area (Å²) in [7, 11) is 0. The number of nitrogens with zero attached hydrogens (tertiary/aromatic N) is 1. The van der Waals surface area contributed by atoms with E-state index < -0.39 is 0 Å². The molecule has 0 bridgehead atoms. The van der Waals surface area contributed by atoms with Gasteiger partial charge in [0.1, 0.15) is 0 Å². The van der Waals surface area contributed by atoms with Crippen LogP contribution in [-0.4, -0.2) is 16.1 Å². The molecular weight excluding hydrogens is 460 g/mol. The van der Waals surface area contributed by atoms with Crippen LogP contribution in [0, 0.1) is 5.92 Å². The average molecular weight is 480 g/mol. The molecule has 6 heteroatoms. The van der Waals surface area contributed by atoms with Crippen molar-refractivity contribution in [1.82, 2.24) is 5.48 Å². The Hall–Kier alpha value is -1.47. The van der Waals surface area contributed by atoms with Gasteiger partial charge < -0.3 is 10.4 Å². The molecule has 0 heterocycles. The summed E-state index contributed by atoms with van der Waals surface area (Å²) in [5, 5.41) is 23.1. The van der Waals surface area contributed by atoms with Gasteiger partial charge in [-0.25, -0.2) is 0 Å². The van der Waals surface area contributed by atoms with E-state index in [1.165, 1.54) is 0 Å². The third-order valence-electron chi connectivity index (χ3n) is 4.73. The maximum atomic E-state index is 9.80.